The molecule has 3 aromatic heterocycles. The quantitative estimate of drug-likeness (QED) is 0.177. The van der Waals surface area contributed by atoms with Crippen molar-refractivity contribution in [2.24, 2.45) is 0 Å². The highest BCUT2D eigenvalue weighted by Gasteiger charge is 2.40. The Bertz CT molecular complexity index is 2940. The molecule has 0 saturated carbocycles. The number of aromatic nitrogens is 5. The molecule has 7 aromatic carbocycles. The van der Waals surface area contributed by atoms with Gasteiger partial charge < -0.3 is 9.13 Å². The zero-order valence-electron chi connectivity index (χ0n) is 30.4. The lowest BCUT2D eigenvalue weighted by atomic mass is 10.0. The molecule has 3 heterocycles. The van der Waals surface area contributed by atoms with Crippen LogP contribution in [0.1, 0.15) is 16.7 Å². The number of aryl methyl sites for hydroxylation is 2. The van der Waals surface area contributed by atoms with Crippen LogP contribution < -0.4 is 0 Å². The Morgan fingerprint density at radius 2 is 0.768 bits per heavy atom. The second-order valence-corrected chi connectivity index (χ2v) is 14.2. The summed E-state index contributed by atoms with van der Waals surface area (Å²) in [4.78, 5) is 14.9. The minimum Gasteiger partial charge on any atom is -0.309 e. The molecule has 8 heteroatoms. The normalized spacial score (nSPS) is 12.0. The summed E-state index contributed by atoms with van der Waals surface area (Å²) in [5.74, 6) is 1.08. The molecule has 0 amide bonds. The molecule has 0 radical (unpaired) electrons. The highest BCUT2D eigenvalue weighted by molar-refractivity contribution is 6.11. The molecular weight excluding hydrogens is 704 g/mol. The fourth-order valence-electron chi connectivity index (χ4n) is 8.00. The van der Waals surface area contributed by atoms with Crippen LogP contribution in [0.5, 0.6) is 0 Å². The first-order chi connectivity index (χ1) is 27.2. The number of nitrogens with zero attached hydrogens (tertiary/aromatic N) is 5. The highest BCUT2D eigenvalue weighted by atomic mass is 19.4. The molecule has 0 aliphatic carbocycles. The largest absolute Gasteiger partial charge is 0.420 e. The minimum absolute atomic E-state index is 0.0247. The van der Waals surface area contributed by atoms with Crippen molar-refractivity contribution in [3.63, 3.8) is 0 Å². The van der Waals surface area contributed by atoms with Gasteiger partial charge in [0.05, 0.1) is 33.4 Å². The monoisotopic (exact) mass is 735 g/mol. The molecule has 0 atom stereocenters. The van der Waals surface area contributed by atoms with Crippen molar-refractivity contribution in [3.05, 3.63) is 174 Å². The van der Waals surface area contributed by atoms with Gasteiger partial charge >= 0.3 is 6.18 Å². The SMILES string of the molecule is Cc1ccc2c3ccccc3n(-c3cc(-c4nc(-c5ccccc5)nc(-c5ccccc5)n4)cc(-n4c5ccccc5c5ccc(C)cc54)c3C(F)(F)F)c2c1. The van der Waals surface area contributed by atoms with Crippen molar-refractivity contribution in [3.8, 4) is 45.5 Å². The first kappa shape index (κ1) is 33.5. The Labute approximate surface area is 320 Å². The van der Waals surface area contributed by atoms with Gasteiger partial charge in [-0.15, -0.1) is 0 Å². The van der Waals surface area contributed by atoms with Crippen LogP contribution in [0.4, 0.5) is 13.2 Å². The van der Waals surface area contributed by atoms with Crippen molar-refractivity contribution in [2.75, 3.05) is 0 Å². The van der Waals surface area contributed by atoms with E-state index in [1.807, 2.05) is 159 Å². The van der Waals surface area contributed by atoms with E-state index in [2.05, 4.69) is 0 Å². The molecule has 0 N–H and O–H groups in total. The number of para-hydroxylation sites is 2. The van der Waals surface area contributed by atoms with Gasteiger partial charge in [0.1, 0.15) is 5.56 Å². The topological polar surface area (TPSA) is 48.5 Å². The second-order valence-electron chi connectivity index (χ2n) is 14.2. The fraction of sp³-hybridized carbons (Fsp3) is 0.0625. The third-order valence-corrected chi connectivity index (χ3v) is 10.5. The lowest BCUT2D eigenvalue weighted by Crippen LogP contribution is -2.16. The Hall–Kier alpha value is -7.06. The standard InChI is InChI=1S/C48H32F3N5/c1-29-21-23-36-34-17-9-11-19-38(34)55(40(36)25-29)42-27-33(47-53-45(31-13-5-3-6-14-31)52-46(54-47)32-15-7-4-8-16-32)28-43(44(42)48(49,50)51)56-39-20-12-10-18-35(39)37-24-22-30(2)26-41(37)56/h3-28H,1-2H3. The molecule has 10 rings (SSSR count). The molecular formula is C48H32F3N5. The van der Waals surface area contributed by atoms with Crippen LogP contribution in [-0.2, 0) is 6.18 Å². The van der Waals surface area contributed by atoms with E-state index in [1.54, 1.807) is 21.3 Å². The van der Waals surface area contributed by atoms with Gasteiger partial charge in [-0.3, -0.25) is 0 Å². The number of rotatable bonds is 5. The van der Waals surface area contributed by atoms with Gasteiger partial charge in [0.25, 0.3) is 0 Å². The molecule has 0 aliphatic heterocycles. The average Bonchev–Trinajstić information content (AvgIpc) is 3.72. The van der Waals surface area contributed by atoms with E-state index in [0.717, 1.165) is 43.8 Å². The molecule has 270 valence electrons. The molecule has 0 unspecified atom stereocenters. The Morgan fingerprint density at radius 1 is 0.393 bits per heavy atom. The van der Waals surface area contributed by atoms with E-state index >= 15 is 13.2 Å². The second kappa shape index (κ2) is 12.8. The summed E-state index contributed by atoms with van der Waals surface area (Å²) in [6.45, 7) is 3.91. The van der Waals surface area contributed by atoms with Gasteiger partial charge in [0.15, 0.2) is 17.5 Å². The molecule has 0 bridgehead atoms. The van der Waals surface area contributed by atoms with E-state index in [-0.39, 0.29) is 17.2 Å². The summed E-state index contributed by atoms with van der Waals surface area (Å²) in [5, 5.41) is 3.43. The first-order valence-corrected chi connectivity index (χ1v) is 18.4. The third kappa shape index (κ3) is 5.44. The van der Waals surface area contributed by atoms with Crippen molar-refractivity contribution in [2.45, 2.75) is 20.0 Å². The van der Waals surface area contributed by atoms with Crippen LogP contribution in [0.2, 0.25) is 0 Å². The van der Waals surface area contributed by atoms with Gasteiger partial charge in [0, 0.05) is 38.2 Å². The zero-order valence-corrected chi connectivity index (χ0v) is 30.4. The van der Waals surface area contributed by atoms with E-state index in [9.17, 15) is 0 Å². The molecule has 0 aliphatic rings. The number of hydrogen-bond acceptors (Lipinski definition) is 3. The van der Waals surface area contributed by atoms with E-state index in [0.29, 0.717) is 39.3 Å². The fourth-order valence-corrected chi connectivity index (χ4v) is 8.00. The Kier molecular flexibility index (Phi) is 7.64. The lowest BCUT2D eigenvalue weighted by Gasteiger charge is -2.23. The van der Waals surface area contributed by atoms with Gasteiger partial charge in [-0.05, 0) is 61.4 Å². The van der Waals surface area contributed by atoms with Crippen LogP contribution in [0.3, 0.4) is 0 Å². The maximum atomic E-state index is 16.3. The predicted octanol–water partition coefficient (Wildman–Crippen LogP) is 12.7. The van der Waals surface area contributed by atoms with Gasteiger partial charge in [-0.1, -0.05) is 121 Å². The van der Waals surface area contributed by atoms with Crippen molar-refractivity contribution < 1.29 is 13.2 Å². The van der Waals surface area contributed by atoms with Gasteiger partial charge in [0.2, 0.25) is 0 Å². The van der Waals surface area contributed by atoms with E-state index < -0.39 is 11.7 Å². The van der Waals surface area contributed by atoms with Gasteiger partial charge in [-0.25, -0.2) is 15.0 Å². The summed E-state index contributed by atoms with van der Waals surface area (Å²) in [6, 6.07) is 49.4. The summed E-state index contributed by atoms with van der Waals surface area (Å²) >= 11 is 0. The van der Waals surface area contributed by atoms with Crippen LogP contribution in [-0.4, -0.2) is 24.1 Å². The lowest BCUT2D eigenvalue weighted by molar-refractivity contribution is -0.137. The van der Waals surface area contributed by atoms with Crippen molar-refractivity contribution in [1.82, 2.24) is 24.1 Å². The maximum Gasteiger partial charge on any atom is 0.420 e. The number of alkyl halides is 3. The number of halogens is 3. The first-order valence-electron chi connectivity index (χ1n) is 18.4. The Balaban J connectivity index is 1.40. The molecule has 0 spiro atoms. The average molecular weight is 736 g/mol. The van der Waals surface area contributed by atoms with Crippen LogP contribution in [0, 0.1) is 13.8 Å². The summed E-state index contributed by atoms with van der Waals surface area (Å²) in [5.41, 5.74) is 5.64. The van der Waals surface area contributed by atoms with Crippen LogP contribution in [0.15, 0.2) is 158 Å². The summed E-state index contributed by atoms with van der Waals surface area (Å²) in [7, 11) is 0. The number of benzene rings is 7. The smallest absolute Gasteiger partial charge is 0.309 e. The zero-order chi connectivity index (χ0) is 38.1. The molecule has 56 heavy (non-hydrogen) atoms. The highest BCUT2D eigenvalue weighted by Crippen LogP contribution is 2.46. The maximum absolute atomic E-state index is 16.3. The molecule has 0 saturated heterocycles. The summed E-state index contributed by atoms with van der Waals surface area (Å²) < 4.78 is 52.4. The third-order valence-electron chi connectivity index (χ3n) is 10.5. The van der Waals surface area contributed by atoms with Crippen molar-refractivity contribution >= 4 is 43.6 Å². The van der Waals surface area contributed by atoms with Crippen LogP contribution in [0.25, 0.3) is 89.2 Å². The number of hydrogen-bond donors (Lipinski definition) is 0. The predicted molar refractivity (Wildman–Crippen MR) is 219 cm³/mol. The van der Waals surface area contributed by atoms with Gasteiger partial charge in [-0.2, -0.15) is 13.2 Å². The van der Waals surface area contributed by atoms with Crippen LogP contribution >= 0.6 is 0 Å². The number of fused-ring (bicyclic) bond motifs is 6. The summed E-state index contributed by atoms with van der Waals surface area (Å²) in [6.07, 6.45) is -4.78. The Morgan fingerprint density at radius 3 is 1.20 bits per heavy atom. The molecule has 5 nitrogen and oxygen atoms in total. The van der Waals surface area contributed by atoms with E-state index in [4.69, 9.17) is 15.0 Å². The van der Waals surface area contributed by atoms with Crippen molar-refractivity contribution in [1.29, 1.82) is 0 Å². The van der Waals surface area contributed by atoms with E-state index in [1.165, 1.54) is 0 Å². The minimum atomic E-state index is -4.78. The molecule has 10 aromatic rings. The molecule has 0 fully saturated rings.